The van der Waals surface area contributed by atoms with E-state index < -0.39 is 6.10 Å². The summed E-state index contributed by atoms with van der Waals surface area (Å²) in [7, 11) is 1.57. The zero-order valence-electron chi connectivity index (χ0n) is 21.6. The maximum absolute atomic E-state index is 12.1. The van der Waals surface area contributed by atoms with Crippen molar-refractivity contribution < 1.29 is 44.2 Å². The van der Waals surface area contributed by atoms with E-state index in [9.17, 15) is 35.1 Å². The summed E-state index contributed by atoms with van der Waals surface area (Å²) in [5.74, 6) is 0.159. The predicted octanol–water partition coefficient (Wildman–Crippen LogP) is 5.39. The second kappa shape index (κ2) is 10.9. The fraction of sp³-hybridized carbons (Fsp3) is 0.0968. The molecule has 0 saturated carbocycles. The lowest BCUT2D eigenvalue weighted by Crippen LogP contribution is -2.20. The maximum Gasteiger partial charge on any atom is 0.197 e. The Morgan fingerprint density at radius 2 is 1.41 bits per heavy atom. The molecule has 0 aliphatic carbocycles. The van der Waals surface area contributed by atoms with Crippen LogP contribution < -0.4 is 14.9 Å². The molecule has 5 aromatic rings. The van der Waals surface area contributed by atoms with E-state index in [0.29, 0.717) is 17.1 Å². The minimum absolute atomic E-state index is 0.0464. The van der Waals surface area contributed by atoms with Gasteiger partial charge in [-0.25, -0.2) is 0 Å². The van der Waals surface area contributed by atoms with Crippen LogP contribution in [0.2, 0.25) is 0 Å². The van der Waals surface area contributed by atoms with Crippen molar-refractivity contribution in [3.63, 3.8) is 0 Å². The van der Waals surface area contributed by atoms with E-state index in [0.717, 1.165) is 17.7 Å². The number of aromatic hydroxyl groups is 5. The maximum atomic E-state index is 12.1. The number of benzene rings is 4. The molecule has 5 N–H and O–H groups in total. The quantitative estimate of drug-likeness (QED) is 0.194. The van der Waals surface area contributed by atoms with Gasteiger partial charge in [0.05, 0.1) is 13.5 Å². The molecule has 10 heteroatoms. The molecule has 0 unspecified atom stereocenters. The lowest BCUT2D eigenvalue weighted by atomic mass is 9.95. The topological polar surface area (TPSA) is 167 Å². The molecule has 10 nitrogen and oxygen atoms in total. The molecular formula is C31H24O10. The molecule has 6 rings (SSSR count). The molecule has 0 amide bonds. The van der Waals surface area contributed by atoms with Gasteiger partial charge in [-0.2, -0.15) is 0 Å². The van der Waals surface area contributed by atoms with Gasteiger partial charge in [0.1, 0.15) is 68.6 Å². The Kier molecular flexibility index (Phi) is 7.13. The fourth-order valence-electron chi connectivity index (χ4n) is 4.45. The fourth-order valence-corrected chi connectivity index (χ4v) is 4.45. The Morgan fingerprint density at radius 3 is 2.10 bits per heavy atom. The highest BCUT2D eigenvalue weighted by Crippen LogP contribution is 2.41. The summed E-state index contributed by atoms with van der Waals surface area (Å²) in [6, 6.07) is 19.5. The van der Waals surface area contributed by atoms with Crippen LogP contribution in [0.1, 0.15) is 28.4 Å². The van der Waals surface area contributed by atoms with Crippen molar-refractivity contribution in [1.29, 1.82) is 0 Å². The first-order chi connectivity index (χ1) is 19.6. The molecule has 2 heterocycles. The molecule has 0 fully saturated rings. The van der Waals surface area contributed by atoms with E-state index in [1.165, 1.54) is 30.3 Å². The summed E-state index contributed by atoms with van der Waals surface area (Å²) in [5, 5.41) is 47.7. The van der Waals surface area contributed by atoms with Crippen LogP contribution in [0.15, 0.2) is 88.1 Å². The smallest absolute Gasteiger partial charge is 0.197 e. The van der Waals surface area contributed by atoms with Crippen LogP contribution in [0, 0.1) is 0 Å². The summed E-state index contributed by atoms with van der Waals surface area (Å²) < 4.78 is 16.3. The van der Waals surface area contributed by atoms with Gasteiger partial charge >= 0.3 is 0 Å². The Hall–Kier alpha value is -5.64. The van der Waals surface area contributed by atoms with Crippen LogP contribution in [0.25, 0.3) is 22.3 Å². The van der Waals surface area contributed by atoms with Crippen molar-refractivity contribution in [3.8, 4) is 51.6 Å². The second-order valence-electron chi connectivity index (χ2n) is 9.20. The standard InChI is InChI=1S/C16H12O5.C15H12O5/c1-20-11-4-2-9(3-5-11)14-8-13(19)16-12(18)6-10(17)7-15(16)21-14;16-9-3-1-8(2-4-9)13-7-12(19)15-11(18)5-10(17)6-14(15)20-13/h2-8,17-18H,1H3;1-6,13,16-18H,7H2/t;13-/m.0/s1. The van der Waals surface area contributed by atoms with Crippen LogP contribution in [0.3, 0.4) is 0 Å². The highest BCUT2D eigenvalue weighted by molar-refractivity contribution is 6.02. The van der Waals surface area contributed by atoms with Crippen molar-refractivity contribution in [2.45, 2.75) is 12.5 Å². The van der Waals surface area contributed by atoms with E-state index in [-0.39, 0.29) is 68.7 Å². The van der Waals surface area contributed by atoms with Gasteiger partial charge < -0.3 is 39.4 Å². The van der Waals surface area contributed by atoms with E-state index >= 15 is 0 Å². The van der Waals surface area contributed by atoms with Crippen molar-refractivity contribution in [2.75, 3.05) is 7.11 Å². The molecular weight excluding hydrogens is 532 g/mol. The number of hydrogen-bond donors (Lipinski definition) is 5. The molecule has 1 atom stereocenters. The van der Waals surface area contributed by atoms with Crippen LogP contribution in [-0.2, 0) is 0 Å². The third-order valence-corrected chi connectivity index (χ3v) is 6.42. The molecule has 1 aliphatic heterocycles. The highest BCUT2D eigenvalue weighted by atomic mass is 16.5. The Morgan fingerprint density at radius 1 is 0.756 bits per heavy atom. The number of carbonyl (C=O) groups excluding carboxylic acids is 1. The first kappa shape index (κ1) is 26.9. The zero-order chi connectivity index (χ0) is 29.3. The monoisotopic (exact) mass is 556 g/mol. The van der Waals surface area contributed by atoms with Gasteiger partial charge in [-0.3, -0.25) is 9.59 Å². The average molecular weight is 557 g/mol. The summed E-state index contributed by atoms with van der Waals surface area (Å²) in [6.07, 6.45) is -0.410. The molecule has 4 aromatic carbocycles. The number of ketones is 1. The number of Topliss-reactive ketones (excluding diaryl/α,β-unsaturated/α-hetero) is 1. The number of methoxy groups -OCH3 is 1. The van der Waals surface area contributed by atoms with Gasteiger partial charge in [0.15, 0.2) is 11.2 Å². The summed E-state index contributed by atoms with van der Waals surface area (Å²) in [4.78, 5) is 24.2. The Bertz CT molecular complexity index is 1810. The first-order valence-electron chi connectivity index (χ1n) is 12.3. The Labute approximate surface area is 232 Å². The van der Waals surface area contributed by atoms with Crippen molar-refractivity contribution >= 4 is 16.8 Å². The predicted molar refractivity (Wildman–Crippen MR) is 148 cm³/mol. The average Bonchev–Trinajstić information content (AvgIpc) is 2.92. The third kappa shape index (κ3) is 5.57. The van der Waals surface area contributed by atoms with Crippen molar-refractivity contribution in [3.05, 3.63) is 100 Å². The number of fused-ring (bicyclic) bond motifs is 2. The van der Waals surface area contributed by atoms with E-state index in [2.05, 4.69) is 0 Å². The Balaban J connectivity index is 0.000000165. The van der Waals surface area contributed by atoms with Crippen molar-refractivity contribution in [1.82, 2.24) is 0 Å². The molecule has 0 bridgehead atoms. The summed E-state index contributed by atoms with van der Waals surface area (Å²) >= 11 is 0. The van der Waals surface area contributed by atoms with Gasteiger partial charge in [-0.1, -0.05) is 12.1 Å². The molecule has 41 heavy (non-hydrogen) atoms. The van der Waals surface area contributed by atoms with E-state index in [4.69, 9.17) is 13.9 Å². The van der Waals surface area contributed by atoms with E-state index in [1.54, 1.807) is 43.5 Å². The molecule has 0 saturated heterocycles. The largest absolute Gasteiger partial charge is 0.508 e. The third-order valence-electron chi connectivity index (χ3n) is 6.42. The second-order valence-corrected chi connectivity index (χ2v) is 9.20. The van der Waals surface area contributed by atoms with Gasteiger partial charge in [0.2, 0.25) is 0 Å². The lowest BCUT2D eigenvalue weighted by Gasteiger charge is -2.26. The van der Waals surface area contributed by atoms with Crippen LogP contribution in [-0.4, -0.2) is 38.4 Å². The van der Waals surface area contributed by atoms with Gasteiger partial charge in [-0.15, -0.1) is 0 Å². The number of rotatable bonds is 3. The highest BCUT2D eigenvalue weighted by Gasteiger charge is 2.30. The number of hydrogen-bond acceptors (Lipinski definition) is 10. The summed E-state index contributed by atoms with van der Waals surface area (Å²) in [6.45, 7) is 0. The zero-order valence-corrected chi connectivity index (χ0v) is 21.6. The minimum Gasteiger partial charge on any atom is -0.508 e. The van der Waals surface area contributed by atoms with Gasteiger partial charge in [0, 0.05) is 35.9 Å². The molecule has 0 radical (unpaired) electrons. The van der Waals surface area contributed by atoms with Gasteiger partial charge in [0.25, 0.3) is 0 Å². The first-order valence-corrected chi connectivity index (χ1v) is 12.3. The molecule has 0 spiro atoms. The van der Waals surface area contributed by atoms with E-state index in [1.807, 2.05) is 0 Å². The number of phenols is 5. The van der Waals surface area contributed by atoms with Crippen LogP contribution in [0.5, 0.6) is 40.2 Å². The minimum atomic E-state index is -0.503. The lowest BCUT2D eigenvalue weighted by molar-refractivity contribution is 0.0845. The normalized spacial score (nSPS) is 14.0. The van der Waals surface area contributed by atoms with Crippen molar-refractivity contribution in [2.24, 2.45) is 0 Å². The van der Waals surface area contributed by atoms with Crippen LogP contribution in [0.4, 0.5) is 0 Å². The molecule has 1 aliphatic rings. The molecule has 208 valence electrons. The summed E-state index contributed by atoms with van der Waals surface area (Å²) in [5.41, 5.74) is 1.28. The van der Waals surface area contributed by atoms with Crippen LogP contribution >= 0.6 is 0 Å². The SMILES string of the molecule is COc1ccc(-c2cc(=O)c3c(O)cc(O)cc3o2)cc1.O=C1C[C@@H](c2ccc(O)cc2)Oc2cc(O)cc(O)c21. The molecule has 1 aromatic heterocycles. The number of phenolic OH excluding ortho intramolecular Hbond substituents is 5. The van der Waals surface area contributed by atoms with Gasteiger partial charge in [-0.05, 0) is 42.0 Å². The number of carbonyl (C=O) groups is 1. The number of ether oxygens (including phenoxy) is 2.